The Kier molecular flexibility index (Phi) is 4.92. The van der Waals surface area contributed by atoms with Crippen LogP contribution in [0.3, 0.4) is 0 Å². The first kappa shape index (κ1) is 16.5. The van der Waals surface area contributed by atoms with Gasteiger partial charge >= 0.3 is 0 Å². The van der Waals surface area contributed by atoms with Gasteiger partial charge in [-0.15, -0.1) is 11.3 Å². The summed E-state index contributed by atoms with van der Waals surface area (Å²) in [5, 5.41) is 0. The maximum absolute atomic E-state index is 12.8. The minimum atomic E-state index is 0.177. The van der Waals surface area contributed by atoms with Crippen molar-refractivity contribution in [2.45, 2.75) is 32.1 Å². The standard InChI is InChI=1S/C20H23NO3S/c22-20(21-10-4-2-1-3-5-11-21)19-9-8-18(25-19)15-6-7-16-17(14-15)24-13-12-23-16/h6-9,14H,1-5,10-13H2. The molecule has 5 heteroatoms. The summed E-state index contributed by atoms with van der Waals surface area (Å²) in [5.74, 6) is 1.76. The van der Waals surface area contributed by atoms with Gasteiger partial charge in [0.1, 0.15) is 13.2 Å². The highest BCUT2D eigenvalue weighted by Crippen LogP contribution is 2.37. The lowest BCUT2D eigenvalue weighted by atomic mass is 10.1. The van der Waals surface area contributed by atoms with E-state index in [1.165, 1.54) is 19.3 Å². The Morgan fingerprint density at radius 3 is 2.40 bits per heavy atom. The van der Waals surface area contributed by atoms with E-state index in [9.17, 15) is 4.79 Å². The molecule has 2 aromatic rings. The van der Waals surface area contributed by atoms with Crippen LogP contribution in [0.2, 0.25) is 0 Å². The average molecular weight is 357 g/mol. The number of hydrogen-bond acceptors (Lipinski definition) is 4. The van der Waals surface area contributed by atoms with Crippen molar-refractivity contribution in [3.05, 3.63) is 35.2 Å². The molecule has 0 atom stereocenters. The smallest absolute Gasteiger partial charge is 0.263 e. The number of likely N-dealkylation sites (tertiary alicyclic amines) is 1. The van der Waals surface area contributed by atoms with E-state index in [2.05, 4.69) is 0 Å². The molecule has 2 aliphatic heterocycles. The van der Waals surface area contributed by atoms with Gasteiger partial charge in [0.25, 0.3) is 5.91 Å². The lowest BCUT2D eigenvalue weighted by molar-refractivity contribution is 0.0747. The van der Waals surface area contributed by atoms with Crippen LogP contribution in [0.1, 0.15) is 41.8 Å². The Hall–Kier alpha value is -2.01. The maximum atomic E-state index is 12.8. The molecule has 1 aromatic heterocycles. The van der Waals surface area contributed by atoms with Crippen molar-refractivity contribution in [1.82, 2.24) is 4.90 Å². The van der Waals surface area contributed by atoms with Crippen molar-refractivity contribution < 1.29 is 14.3 Å². The predicted molar refractivity (Wildman–Crippen MR) is 99.7 cm³/mol. The molecule has 0 aliphatic carbocycles. The Labute approximate surface area is 152 Å². The van der Waals surface area contributed by atoms with E-state index < -0.39 is 0 Å². The summed E-state index contributed by atoms with van der Waals surface area (Å²) in [6.07, 6.45) is 6.00. The van der Waals surface area contributed by atoms with Gasteiger partial charge < -0.3 is 14.4 Å². The zero-order valence-electron chi connectivity index (χ0n) is 14.3. The van der Waals surface area contributed by atoms with Crippen molar-refractivity contribution in [3.8, 4) is 21.9 Å². The van der Waals surface area contributed by atoms with Crippen LogP contribution in [0, 0.1) is 0 Å². The topological polar surface area (TPSA) is 38.8 Å². The highest BCUT2D eigenvalue weighted by Gasteiger charge is 2.19. The minimum absolute atomic E-state index is 0.177. The van der Waals surface area contributed by atoms with Crippen LogP contribution in [0.5, 0.6) is 11.5 Å². The monoisotopic (exact) mass is 357 g/mol. The molecule has 1 aromatic carbocycles. The second-order valence-electron chi connectivity index (χ2n) is 6.58. The fraction of sp³-hybridized carbons (Fsp3) is 0.450. The van der Waals surface area contributed by atoms with Gasteiger partial charge in [-0.1, -0.05) is 19.3 Å². The third-order valence-corrected chi connectivity index (χ3v) is 5.91. The Morgan fingerprint density at radius 2 is 1.60 bits per heavy atom. The van der Waals surface area contributed by atoms with Crippen LogP contribution in [-0.4, -0.2) is 37.1 Å². The van der Waals surface area contributed by atoms with Crippen molar-refractivity contribution >= 4 is 17.2 Å². The van der Waals surface area contributed by atoms with E-state index >= 15 is 0 Å². The van der Waals surface area contributed by atoms with Crippen molar-refractivity contribution in [2.75, 3.05) is 26.3 Å². The summed E-state index contributed by atoms with van der Waals surface area (Å²) in [6, 6.07) is 9.98. The number of hydrogen-bond donors (Lipinski definition) is 0. The molecule has 0 radical (unpaired) electrons. The molecular formula is C20H23NO3S. The van der Waals surface area contributed by atoms with E-state index in [0.717, 1.165) is 52.7 Å². The number of amides is 1. The first-order valence-corrected chi connectivity index (χ1v) is 9.92. The molecule has 0 spiro atoms. The molecule has 132 valence electrons. The largest absolute Gasteiger partial charge is 0.486 e. The number of fused-ring (bicyclic) bond motifs is 1. The summed E-state index contributed by atoms with van der Waals surface area (Å²) in [6.45, 7) is 2.95. The molecule has 0 saturated carbocycles. The lowest BCUT2D eigenvalue weighted by Crippen LogP contribution is -2.33. The first-order chi connectivity index (χ1) is 12.3. The normalized spacial score (nSPS) is 17.7. The van der Waals surface area contributed by atoms with Gasteiger partial charge in [-0.05, 0) is 48.7 Å². The maximum Gasteiger partial charge on any atom is 0.263 e. The molecule has 4 rings (SSSR count). The fourth-order valence-electron chi connectivity index (χ4n) is 3.41. The molecule has 1 amide bonds. The van der Waals surface area contributed by atoms with E-state index in [0.29, 0.717) is 13.2 Å². The summed E-state index contributed by atoms with van der Waals surface area (Å²) in [4.78, 5) is 16.8. The highest BCUT2D eigenvalue weighted by molar-refractivity contribution is 7.17. The number of thiophene rings is 1. The number of carbonyl (C=O) groups excluding carboxylic acids is 1. The third-order valence-electron chi connectivity index (χ3n) is 4.79. The SMILES string of the molecule is O=C(c1ccc(-c2ccc3c(c2)OCCO3)s1)N1CCCCCCC1. The molecule has 3 heterocycles. The van der Waals surface area contributed by atoms with Gasteiger partial charge in [-0.25, -0.2) is 0 Å². The van der Waals surface area contributed by atoms with Crippen LogP contribution in [0.4, 0.5) is 0 Å². The molecular weight excluding hydrogens is 334 g/mol. The molecule has 0 N–H and O–H groups in total. The summed E-state index contributed by atoms with van der Waals surface area (Å²) >= 11 is 1.56. The first-order valence-electron chi connectivity index (χ1n) is 9.10. The van der Waals surface area contributed by atoms with Crippen molar-refractivity contribution in [2.24, 2.45) is 0 Å². The number of benzene rings is 1. The van der Waals surface area contributed by atoms with Crippen LogP contribution in [0.15, 0.2) is 30.3 Å². The van der Waals surface area contributed by atoms with Crippen molar-refractivity contribution in [3.63, 3.8) is 0 Å². The van der Waals surface area contributed by atoms with Crippen LogP contribution < -0.4 is 9.47 Å². The van der Waals surface area contributed by atoms with E-state index in [-0.39, 0.29) is 5.91 Å². The minimum Gasteiger partial charge on any atom is -0.486 e. The second-order valence-corrected chi connectivity index (χ2v) is 7.67. The molecule has 4 nitrogen and oxygen atoms in total. The van der Waals surface area contributed by atoms with Crippen LogP contribution >= 0.6 is 11.3 Å². The third kappa shape index (κ3) is 3.66. The second kappa shape index (κ2) is 7.48. The molecule has 1 fully saturated rings. The number of carbonyl (C=O) groups is 1. The Balaban J connectivity index is 1.52. The summed E-state index contributed by atoms with van der Waals surface area (Å²) in [5.41, 5.74) is 1.07. The summed E-state index contributed by atoms with van der Waals surface area (Å²) in [7, 11) is 0. The van der Waals surface area contributed by atoms with E-state index in [4.69, 9.17) is 9.47 Å². The summed E-state index contributed by atoms with van der Waals surface area (Å²) < 4.78 is 11.2. The quantitative estimate of drug-likeness (QED) is 0.789. The molecule has 25 heavy (non-hydrogen) atoms. The highest BCUT2D eigenvalue weighted by atomic mass is 32.1. The van der Waals surface area contributed by atoms with Gasteiger partial charge in [-0.2, -0.15) is 0 Å². The van der Waals surface area contributed by atoms with Gasteiger partial charge in [0.2, 0.25) is 0 Å². The zero-order valence-corrected chi connectivity index (χ0v) is 15.1. The van der Waals surface area contributed by atoms with Gasteiger partial charge in [0.15, 0.2) is 11.5 Å². The Bertz CT molecular complexity index is 747. The van der Waals surface area contributed by atoms with E-state index in [1.807, 2.05) is 35.2 Å². The lowest BCUT2D eigenvalue weighted by Gasteiger charge is -2.24. The number of rotatable bonds is 2. The zero-order chi connectivity index (χ0) is 17.1. The number of ether oxygens (including phenoxy) is 2. The number of nitrogens with zero attached hydrogens (tertiary/aromatic N) is 1. The molecule has 0 unspecified atom stereocenters. The van der Waals surface area contributed by atoms with Gasteiger partial charge in [0.05, 0.1) is 4.88 Å². The molecule has 1 saturated heterocycles. The van der Waals surface area contributed by atoms with E-state index in [1.54, 1.807) is 11.3 Å². The average Bonchev–Trinajstić information content (AvgIpc) is 3.11. The van der Waals surface area contributed by atoms with Gasteiger partial charge in [-0.3, -0.25) is 4.79 Å². The van der Waals surface area contributed by atoms with Crippen LogP contribution in [0.25, 0.3) is 10.4 Å². The molecule has 2 aliphatic rings. The molecule has 0 bridgehead atoms. The van der Waals surface area contributed by atoms with Gasteiger partial charge in [0, 0.05) is 18.0 Å². The van der Waals surface area contributed by atoms with Crippen LogP contribution in [-0.2, 0) is 0 Å². The Morgan fingerprint density at radius 1 is 0.880 bits per heavy atom. The van der Waals surface area contributed by atoms with Crippen molar-refractivity contribution in [1.29, 1.82) is 0 Å². The fourth-order valence-corrected chi connectivity index (χ4v) is 4.38. The predicted octanol–water partition coefficient (Wildman–Crippen LogP) is 4.59.